The van der Waals surface area contributed by atoms with Crippen LogP contribution in [-0.4, -0.2) is 12.5 Å². The Labute approximate surface area is 168 Å². The number of hydrogen-bond donors (Lipinski definition) is 1. The number of hydrogen-bond acceptors (Lipinski definition) is 5. The molecule has 2 aromatic carbocycles. The highest BCUT2D eigenvalue weighted by atomic mass is 19.1. The summed E-state index contributed by atoms with van der Waals surface area (Å²) in [6.07, 6.45) is 2.47. The third-order valence-corrected chi connectivity index (χ3v) is 4.32. The SMILES string of the molecule is C/C=C1/OC(=O)c2ccc(Oc3c(F)cc(CNCCC(C)C)cc3F)cc2O1. The van der Waals surface area contributed by atoms with Crippen molar-refractivity contribution in [1.29, 1.82) is 0 Å². The van der Waals surface area contributed by atoms with Crippen LogP contribution in [0.4, 0.5) is 8.78 Å². The van der Waals surface area contributed by atoms with Gasteiger partial charge in [-0.25, -0.2) is 13.6 Å². The number of cyclic esters (lactones) is 1. The lowest BCUT2D eigenvalue weighted by molar-refractivity contribution is 0.0406. The average Bonchev–Trinajstić information content (AvgIpc) is 2.67. The molecule has 154 valence electrons. The molecule has 0 saturated carbocycles. The molecule has 0 spiro atoms. The first-order valence-electron chi connectivity index (χ1n) is 9.44. The number of esters is 1. The molecule has 0 radical (unpaired) electrons. The summed E-state index contributed by atoms with van der Waals surface area (Å²) in [6.45, 7) is 7.01. The Kier molecular flexibility index (Phi) is 6.49. The number of allylic oxidation sites excluding steroid dienone is 1. The molecule has 0 amide bonds. The first-order chi connectivity index (χ1) is 13.9. The van der Waals surface area contributed by atoms with Crippen molar-refractivity contribution < 1.29 is 27.8 Å². The highest BCUT2D eigenvalue weighted by molar-refractivity contribution is 5.94. The van der Waals surface area contributed by atoms with Crippen LogP contribution in [0.2, 0.25) is 0 Å². The van der Waals surface area contributed by atoms with Gasteiger partial charge < -0.3 is 19.5 Å². The van der Waals surface area contributed by atoms with Crippen molar-refractivity contribution in [2.75, 3.05) is 6.54 Å². The fourth-order valence-electron chi connectivity index (χ4n) is 2.77. The van der Waals surface area contributed by atoms with Gasteiger partial charge in [0.15, 0.2) is 17.4 Å². The quantitative estimate of drug-likeness (QED) is 0.502. The van der Waals surface area contributed by atoms with Crippen LogP contribution in [0.3, 0.4) is 0 Å². The second kappa shape index (κ2) is 9.05. The van der Waals surface area contributed by atoms with E-state index in [0.29, 0.717) is 18.0 Å². The summed E-state index contributed by atoms with van der Waals surface area (Å²) in [5, 5.41) is 3.16. The zero-order valence-corrected chi connectivity index (χ0v) is 16.6. The molecule has 7 heteroatoms. The molecule has 0 aliphatic carbocycles. The van der Waals surface area contributed by atoms with Gasteiger partial charge in [-0.2, -0.15) is 0 Å². The summed E-state index contributed by atoms with van der Waals surface area (Å²) in [5.74, 6) is -1.79. The number of benzene rings is 2. The Hall–Kier alpha value is -2.93. The van der Waals surface area contributed by atoms with E-state index in [0.717, 1.165) is 13.0 Å². The van der Waals surface area contributed by atoms with Gasteiger partial charge in [0.05, 0.1) is 0 Å². The summed E-state index contributed by atoms with van der Waals surface area (Å²) in [4.78, 5) is 11.9. The normalized spacial score (nSPS) is 14.6. The maximum atomic E-state index is 14.4. The Morgan fingerprint density at radius 3 is 2.52 bits per heavy atom. The van der Waals surface area contributed by atoms with Crippen LogP contribution in [0.5, 0.6) is 17.2 Å². The smallest absolute Gasteiger partial charge is 0.349 e. The summed E-state index contributed by atoms with van der Waals surface area (Å²) >= 11 is 0. The zero-order chi connectivity index (χ0) is 21.0. The predicted octanol–water partition coefficient (Wildman–Crippen LogP) is 5.30. The van der Waals surface area contributed by atoms with Crippen LogP contribution in [0.1, 0.15) is 43.1 Å². The summed E-state index contributed by atoms with van der Waals surface area (Å²) < 4.78 is 44.7. The number of carbonyl (C=O) groups is 1. The summed E-state index contributed by atoms with van der Waals surface area (Å²) in [5.41, 5.74) is 0.692. The highest BCUT2D eigenvalue weighted by Gasteiger charge is 2.24. The van der Waals surface area contributed by atoms with E-state index < -0.39 is 23.4 Å². The average molecular weight is 403 g/mol. The molecule has 1 N–H and O–H groups in total. The fourth-order valence-corrected chi connectivity index (χ4v) is 2.77. The second-order valence-corrected chi connectivity index (χ2v) is 7.11. The summed E-state index contributed by atoms with van der Waals surface area (Å²) in [7, 11) is 0. The Morgan fingerprint density at radius 2 is 1.86 bits per heavy atom. The van der Waals surface area contributed by atoms with Crippen LogP contribution in [-0.2, 0) is 11.3 Å². The number of fused-ring (bicyclic) bond motifs is 1. The van der Waals surface area contributed by atoms with Gasteiger partial charge in [0.1, 0.15) is 17.1 Å². The third-order valence-electron chi connectivity index (χ3n) is 4.32. The van der Waals surface area contributed by atoms with Crippen molar-refractivity contribution in [3.63, 3.8) is 0 Å². The number of nitrogens with one attached hydrogen (secondary N) is 1. The van der Waals surface area contributed by atoms with E-state index in [1.165, 1.54) is 36.4 Å². The summed E-state index contributed by atoms with van der Waals surface area (Å²) in [6, 6.07) is 6.71. The van der Waals surface area contributed by atoms with Crippen LogP contribution in [0.15, 0.2) is 42.4 Å². The van der Waals surface area contributed by atoms with Crippen molar-refractivity contribution in [1.82, 2.24) is 5.32 Å². The molecule has 0 fully saturated rings. The molecule has 1 aliphatic heterocycles. The molecule has 0 saturated heterocycles. The van der Waals surface area contributed by atoms with Gasteiger partial charge in [0, 0.05) is 12.6 Å². The monoisotopic (exact) mass is 403 g/mol. The Bertz CT molecular complexity index is 917. The number of carbonyl (C=O) groups excluding carboxylic acids is 1. The minimum atomic E-state index is -0.808. The van der Waals surface area contributed by atoms with Gasteiger partial charge in [-0.1, -0.05) is 13.8 Å². The predicted molar refractivity (Wildman–Crippen MR) is 104 cm³/mol. The van der Waals surface area contributed by atoms with Gasteiger partial charge >= 0.3 is 5.97 Å². The van der Waals surface area contributed by atoms with Crippen molar-refractivity contribution in [2.24, 2.45) is 5.92 Å². The Morgan fingerprint density at radius 1 is 1.14 bits per heavy atom. The van der Waals surface area contributed by atoms with Crippen LogP contribution in [0, 0.1) is 17.6 Å². The lowest BCUT2D eigenvalue weighted by Gasteiger charge is -2.19. The van der Waals surface area contributed by atoms with E-state index in [2.05, 4.69) is 19.2 Å². The van der Waals surface area contributed by atoms with Crippen molar-refractivity contribution in [2.45, 2.75) is 33.7 Å². The minimum Gasteiger partial charge on any atom is -0.451 e. The first kappa shape index (κ1) is 20.8. The topological polar surface area (TPSA) is 56.8 Å². The first-order valence-corrected chi connectivity index (χ1v) is 9.44. The van der Waals surface area contributed by atoms with Crippen molar-refractivity contribution >= 4 is 5.97 Å². The lowest BCUT2D eigenvalue weighted by atomic mass is 10.1. The highest BCUT2D eigenvalue weighted by Crippen LogP contribution is 2.35. The lowest BCUT2D eigenvalue weighted by Crippen LogP contribution is -2.17. The Balaban J connectivity index is 1.74. The molecule has 0 aromatic heterocycles. The molecular formula is C22H23F2NO4. The minimum absolute atomic E-state index is 0.0336. The van der Waals surface area contributed by atoms with Gasteiger partial charge in [0.2, 0.25) is 0 Å². The maximum Gasteiger partial charge on any atom is 0.349 e. The van der Waals surface area contributed by atoms with E-state index in [1.807, 2.05) is 0 Å². The van der Waals surface area contributed by atoms with E-state index in [9.17, 15) is 13.6 Å². The largest absolute Gasteiger partial charge is 0.451 e. The van der Waals surface area contributed by atoms with Gasteiger partial charge in [-0.3, -0.25) is 0 Å². The number of ether oxygens (including phenoxy) is 3. The van der Waals surface area contributed by atoms with Gasteiger partial charge in [-0.05, 0) is 61.7 Å². The number of rotatable bonds is 7. The number of halogens is 2. The maximum absolute atomic E-state index is 14.4. The van der Waals surface area contributed by atoms with Crippen LogP contribution < -0.4 is 14.8 Å². The van der Waals surface area contributed by atoms with Crippen molar-refractivity contribution in [3.05, 3.63) is 65.1 Å². The van der Waals surface area contributed by atoms with E-state index in [4.69, 9.17) is 14.2 Å². The molecule has 3 rings (SSSR count). The molecule has 0 unspecified atom stereocenters. The van der Waals surface area contributed by atoms with Crippen LogP contribution >= 0.6 is 0 Å². The third kappa shape index (κ3) is 5.12. The standard InChI is InChI=1S/C22H23F2NO4/c1-4-20-28-19-11-15(5-6-16(19)22(26)29-20)27-21-17(23)9-14(10-18(21)24)12-25-8-7-13(2)3/h4-6,9-11,13,25H,7-8,12H2,1-3H3/b20-4+. The van der Waals surface area contributed by atoms with E-state index in [-0.39, 0.29) is 23.0 Å². The fraction of sp³-hybridized carbons (Fsp3) is 0.318. The second-order valence-electron chi connectivity index (χ2n) is 7.11. The molecule has 0 bridgehead atoms. The van der Waals surface area contributed by atoms with Gasteiger partial charge in [-0.15, -0.1) is 0 Å². The molecule has 2 aromatic rings. The van der Waals surface area contributed by atoms with Gasteiger partial charge in [0.25, 0.3) is 5.95 Å². The molecule has 1 heterocycles. The molecule has 1 aliphatic rings. The van der Waals surface area contributed by atoms with E-state index >= 15 is 0 Å². The molecular weight excluding hydrogens is 380 g/mol. The van der Waals surface area contributed by atoms with Crippen molar-refractivity contribution in [3.8, 4) is 17.2 Å². The molecule has 5 nitrogen and oxygen atoms in total. The van der Waals surface area contributed by atoms with E-state index in [1.54, 1.807) is 6.92 Å². The van der Waals surface area contributed by atoms with Crippen LogP contribution in [0.25, 0.3) is 0 Å². The molecule has 0 atom stereocenters. The molecule has 29 heavy (non-hydrogen) atoms. The zero-order valence-electron chi connectivity index (χ0n) is 16.6.